The molecule has 464 valence electrons. The Bertz CT molecular complexity index is 1940. The SMILES string of the molecule is CC/C=C\C/C=C\C/C=C\C/C=C\C/C=C\C/C=C\C/C=C\CCCCCCCCCCCCCC(=O)OCC(COC(=O)CCCCCCC/C=C\C/C=C\CCC)OC(=O)CC/C=C\C/C=C\C/C=C\C/C=C\C/C=C\C/C=C\CC. The van der Waals surface area contributed by atoms with Crippen molar-refractivity contribution in [3.63, 3.8) is 0 Å². The lowest BCUT2D eigenvalue weighted by atomic mass is 10.0. The standard InChI is InChI=1S/C77H120O6/c1-4-7-10-13-16-19-22-25-27-29-31-32-33-34-35-36-37-38-39-40-41-42-43-44-46-47-49-52-55-58-61-64-67-70-76(79)82-73-74(72-81-75(78)69-66-63-60-57-54-51-24-21-18-15-12-9-6-3)83-77(80)71-68-65-62-59-56-53-50-48-45-30-28-26-23-20-17-14-11-8-5-2/h7-8,10-12,15-17,19-21,24-28,31-32,34-35,37-38,40-41,45,48,53,56,62,65,74H,4-6,9,13-14,18,22-23,29-30,33,36,39,42-44,46-47,49-52,54-55,57-61,63-64,66-73H2,1-3H3/b10-7-,11-8-,15-12-,19-16-,20-17-,24-21-,27-25-,28-26-,32-31-,35-34-,38-37-,41-40-,48-45-,56-53-,65-62-. The summed E-state index contributed by atoms with van der Waals surface area (Å²) >= 11 is 0. The highest BCUT2D eigenvalue weighted by atomic mass is 16.6. The van der Waals surface area contributed by atoms with E-state index < -0.39 is 12.1 Å². The van der Waals surface area contributed by atoms with Gasteiger partial charge in [-0.3, -0.25) is 14.4 Å². The highest BCUT2D eigenvalue weighted by molar-refractivity contribution is 5.71. The lowest BCUT2D eigenvalue weighted by molar-refractivity contribution is -0.166. The van der Waals surface area contributed by atoms with Crippen molar-refractivity contribution in [1.29, 1.82) is 0 Å². The van der Waals surface area contributed by atoms with Gasteiger partial charge in [-0.25, -0.2) is 0 Å². The molecular weight excluding hydrogens is 1020 g/mol. The highest BCUT2D eigenvalue weighted by Crippen LogP contribution is 2.15. The number of unbranched alkanes of at least 4 members (excludes halogenated alkanes) is 17. The third-order valence-corrected chi connectivity index (χ3v) is 13.4. The second-order valence-corrected chi connectivity index (χ2v) is 21.3. The monoisotopic (exact) mass is 1140 g/mol. The molecule has 0 aliphatic heterocycles. The molecule has 1 atom stereocenters. The average Bonchev–Trinajstić information content (AvgIpc) is 3.49. The summed E-state index contributed by atoms with van der Waals surface area (Å²) in [5.74, 6) is -1.03. The summed E-state index contributed by atoms with van der Waals surface area (Å²) < 4.78 is 16.8. The van der Waals surface area contributed by atoms with Crippen LogP contribution in [-0.2, 0) is 28.6 Å². The summed E-state index contributed by atoms with van der Waals surface area (Å²) in [6.07, 6.45) is 103. The van der Waals surface area contributed by atoms with Crippen LogP contribution < -0.4 is 0 Å². The van der Waals surface area contributed by atoms with Crippen LogP contribution in [0, 0.1) is 0 Å². The van der Waals surface area contributed by atoms with Gasteiger partial charge in [-0.15, -0.1) is 0 Å². The summed E-state index contributed by atoms with van der Waals surface area (Å²) in [6, 6.07) is 0. The van der Waals surface area contributed by atoms with Gasteiger partial charge in [0, 0.05) is 19.3 Å². The molecule has 0 aliphatic rings. The number of ether oxygens (including phenoxy) is 3. The number of hydrogen-bond donors (Lipinski definition) is 0. The fourth-order valence-corrected chi connectivity index (χ4v) is 8.49. The van der Waals surface area contributed by atoms with E-state index in [1.807, 2.05) is 12.2 Å². The molecule has 0 saturated carbocycles. The number of rotatable bonds is 58. The van der Waals surface area contributed by atoms with Crippen LogP contribution in [-0.4, -0.2) is 37.2 Å². The summed E-state index contributed by atoms with van der Waals surface area (Å²) in [6.45, 7) is 6.26. The first-order valence-electron chi connectivity index (χ1n) is 33.3. The van der Waals surface area contributed by atoms with Gasteiger partial charge in [0.1, 0.15) is 13.2 Å². The molecule has 0 rings (SSSR count). The van der Waals surface area contributed by atoms with Crippen molar-refractivity contribution >= 4 is 17.9 Å². The van der Waals surface area contributed by atoms with Crippen molar-refractivity contribution in [2.45, 2.75) is 271 Å². The smallest absolute Gasteiger partial charge is 0.306 e. The van der Waals surface area contributed by atoms with Crippen LogP contribution in [0.1, 0.15) is 265 Å². The number of esters is 3. The van der Waals surface area contributed by atoms with Gasteiger partial charge in [0.25, 0.3) is 0 Å². The first-order chi connectivity index (χ1) is 41.0. The molecule has 1 unspecified atom stereocenters. The largest absolute Gasteiger partial charge is 0.462 e. The van der Waals surface area contributed by atoms with E-state index in [2.05, 4.69) is 191 Å². The van der Waals surface area contributed by atoms with Crippen molar-refractivity contribution in [2.24, 2.45) is 0 Å². The van der Waals surface area contributed by atoms with Gasteiger partial charge in [0.15, 0.2) is 6.10 Å². The van der Waals surface area contributed by atoms with E-state index in [0.29, 0.717) is 19.3 Å². The maximum atomic E-state index is 12.9. The van der Waals surface area contributed by atoms with E-state index in [9.17, 15) is 14.4 Å². The van der Waals surface area contributed by atoms with Crippen LogP contribution in [0.3, 0.4) is 0 Å². The molecule has 0 heterocycles. The molecule has 0 bridgehead atoms. The third-order valence-electron chi connectivity index (χ3n) is 13.4. The number of allylic oxidation sites excluding steroid dienone is 30. The topological polar surface area (TPSA) is 78.9 Å². The molecule has 6 nitrogen and oxygen atoms in total. The van der Waals surface area contributed by atoms with Crippen molar-refractivity contribution in [1.82, 2.24) is 0 Å². The molecule has 0 saturated heterocycles. The van der Waals surface area contributed by atoms with Crippen LogP contribution in [0.2, 0.25) is 0 Å². The Balaban J connectivity index is 4.37. The minimum absolute atomic E-state index is 0.122. The van der Waals surface area contributed by atoms with Gasteiger partial charge >= 0.3 is 17.9 Å². The Morgan fingerprint density at radius 2 is 0.494 bits per heavy atom. The minimum atomic E-state index is -0.836. The first-order valence-corrected chi connectivity index (χ1v) is 33.3. The van der Waals surface area contributed by atoms with Gasteiger partial charge < -0.3 is 14.2 Å². The average molecular weight is 1140 g/mol. The zero-order valence-corrected chi connectivity index (χ0v) is 53.1. The van der Waals surface area contributed by atoms with Crippen molar-refractivity contribution in [3.05, 3.63) is 182 Å². The zero-order valence-electron chi connectivity index (χ0n) is 53.1. The van der Waals surface area contributed by atoms with Crippen LogP contribution >= 0.6 is 0 Å². The molecule has 83 heavy (non-hydrogen) atoms. The maximum absolute atomic E-state index is 12.9. The summed E-state index contributed by atoms with van der Waals surface area (Å²) in [4.78, 5) is 38.3. The summed E-state index contributed by atoms with van der Waals surface area (Å²) in [5, 5.41) is 0. The Hall–Kier alpha value is -5.49. The van der Waals surface area contributed by atoms with Crippen LogP contribution in [0.5, 0.6) is 0 Å². The van der Waals surface area contributed by atoms with E-state index >= 15 is 0 Å². The normalized spacial score (nSPS) is 13.3. The van der Waals surface area contributed by atoms with Gasteiger partial charge in [0.05, 0.1) is 0 Å². The summed E-state index contributed by atoms with van der Waals surface area (Å²) in [7, 11) is 0. The number of hydrogen-bond acceptors (Lipinski definition) is 6. The van der Waals surface area contributed by atoms with E-state index in [1.54, 1.807) is 0 Å². The van der Waals surface area contributed by atoms with E-state index in [0.717, 1.165) is 154 Å². The molecule has 6 heteroatoms. The fraction of sp³-hybridized carbons (Fsp3) is 0.571. The van der Waals surface area contributed by atoms with Crippen LogP contribution in [0.25, 0.3) is 0 Å². The quantitative estimate of drug-likeness (QED) is 0.0261. The van der Waals surface area contributed by atoms with E-state index in [-0.39, 0.29) is 31.6 Å². The minimum Gasteiger partial charge on any atom is -0.462 e. The van der Waals surface area contributed by atoms with Gasteiger partial charge in [-0.2, -0.15) is 0 Å². The van der Waals surface area contributed by atoms with E-state index in [1.165, 1.54) is 64.2 Å². The third kappa shape index (κ3) is 67.2. The highest BCUT2D eigenvalue weighted by Gasteiger charge is 2.19. The maximum Gasteiger partial charge on any atom is 0.306 e. The van der Waals surface area contributed by atoms with E-state index in [4.69, 9.17) is 14.2 Å². The number of carbonyl (C=O) groups excluding carboxylic acids is 3. The predicted molar refractivity (Wildman–Crippen MR) is 361 cm³/mol. The Kier molecular flexibility index (Phi) is 64.4. The molecule has 0 aromatic carbocycles. The first kappa shape index (κ1) is 77.5. The Morgan fingerprint density at radius 3 is 0.783 bits per heavy atom. The summed E-state index contributed by atoms with van der Waals surface area (Å²) in [5.41, 5.74) is 0. The fourth-order valence-electron chi connectivity index (χ4n) is 8.49. The second kappa shape index (κ2) is 69.0. The van der Waals surface area contributed by atoms with Gasteiger partial charge in [-0.1, -0.05) is 287 Å². The molecule has 0 aliphatic carbocycles. The molecule has 0 spiro atoms. The van der Waals surface area contributed by atoms with Crippen LogP contribution in [0.15, 0.2) is 182 Å². The Morgan fingerprint density at radius 1 is 0.253 bits per heavy atom. The van der Waals surface area contributed by atoms with Crippen LogP contribution in [0.4, 0.5) is 0 Å². The molecule has 0 radical (unpaired) electrons. The molecular formula is C77H120O6. The van der Waals surface area contributed by atoms with Crippen molar-refractivity contribution < 1.29 is 28.6 Å². The number of carbonyl (C=O) groups is 3. The molecule has 0 fully saturated rings. The lowest BCUT2D eigenvalue weighted by Gasteiger charge is -2.18. The zero-order chi connectivity index (χ0) is 59.9. The molecule has 0 amide bonds. The van der Waals surface area contributed by atoms with Gasteiger partial charge in [-0.05, 0) is 141 Å². The van der Waals surface area contributed by atoms with Crippen molar-refractivity contribution in [3.8, 4) is 0 Å². The van der Waals surface area contributed by atoms with Crippen molar-refractivity contribution in [2.75, 3.05) is 13.2 Å². The Labute approximate surface area is 510 Å². The second-order valence-electron chi connectivity index (χ2n) is 21.3. The molecule has 0 N–H and O–H groups in total. The predicted octanol–water partition coefficient (Wildman–Crippen LogP) is 23.2. The van der Waals surface area contributed by atoms with Gasteiger partial charge in [0.2, 0.25) is 0 Å². The molecule has 0 aromatic rings. The molecule has 0 aromatic heterocycles. The lowest BCUT2D eigenvalue weighted by Crippen LogP contribution is -2.30.